The van der Waals surface area contributed by atoms with Crippen LogP contribution in [-0.2, 0) is 13.6 Å². The Morgan fingerprint density at radius 3 is 2.47 bits per heavy atom. The molecular formula is C12H17ClN6. The molecule has 6 nitrogen and oxygen atoms in total. The number of nitrogen functional groups attached to an aromatic ring is 1. The molecule has 0 aliphatic rings. The fourth-order valence-corrected chi connectivity index (χ4v) is 2.14. The number of halogens is 1. The van der Waals surface area contributed by atoms with E-state index in [1.54, 1.807) is 6.92 Å². The van der Waals surface area contributed by atoms with Gasteiger partial charge in [-0.1, -0.05) is 0 Å². The number of hydrogen-bond donors (Lipinski definition) is 2. The van der Waals surface area contributed by atoms with Crippen LogP contribution in [0.5, 0.6) is 0 Å². The van der Waals surface area contributed by atoms with Gasteiger partial charge < -0.3 is 11.1 Å². The van der Waals surface area contributed by atoms with Crippen LogP contribution in [0.1, 0.15) is 22.6 Å². The van der Waals surface area contributed by atoms with Crippen molar-refractivity contribution in [2.75, 3.05) is 11.1 Å². The maximum atomic E-state index is 5.93. The molecule has 0 unspecified atom stereocenters. The van der Waals surface area contributed by atoms with Gasteiger partial charge in [0.15, 0.2) is 5.82 Å². The molecule has 2 heterocycles. The van der Waals surface area contributed by atoms with Gasteiger partial charge in [0.05, 0.1) is 17.1 Å². The summed E-state index contributed by atoms with van der Waals surface area (Å²) >= 11 is 5.84. The molecular weight excluding hydrogens is 264 g/mol. The summed E-state index contributed by atoms with van der Waals surface area (Å²) in [5, 5.41) is 7.75. The average molecular weight is 281 g/mol. The van der Waals surface area contributed by atoms with Crippen molar-refractivity contribution in [3.63, 3.8) is 0 Å². The number of aryl methyl sites for hydroxylation is 3. The number of hydrogen-bond acceptors (Lipinski definition) is 5. The zero-order chi connectivity index (χ0) is 14.2. The van der Waals surface area contributed by atoms with Crippen LogP contribution in [-0.4, -0.2) is 19.7 Å². The van der Waals surface area contributed by atoms with Crippen LogP contribution < -0.4 is 11.1 Å². The lowest BCUT2D eigenvalue weighted by Gasteiger charge is -2.10. The second-order valence-electron chi connectivity index (χ2n) is 4.47. The lowest BCUT2D eigenvalue weighted by atomic mass is 10.2. The molecule has 0 amide bonds. The van der Waals surface area contributed by atoms with Gasteiger partial charge in [0.2, 0.25) is 5.28 Å². The van der Waals surface area contributed by atoms with Gasteiger partial charge in [-0.3, -0.25) is 4.68 Å². The molecule has 7 heteroatoms. The monoisotopic (exact) mass is 280 g/mol. The summed E-state index contributed by atoms with van der Waals surface area (Å²) in [6.45, 7) is 6.40. The van der Waals surface area contributed by atoms with E-state index in [1.165, 1.54) is 0 Å². The van der Waals surface area contributed by atoms with Gasteiger partial charge in [0, 0.05) is 24.8 Å². The SMILES string of the molecule is Cc1nc(Cl)nc(NCc2c(C)nn(C)c2C)c1N. The molecule has 0 radical (unpaired) electrons. The number of anilines is 2. The van der Waals surface area contributed by atoms with Crippen molar-refractivity contribution in [2.45, 2.75) is 27.3 Å². The van der Waals surface area contributed by atoms with Gasteiger partial charge in [-0.05, 0) is 32.4 Å². The van der Waals surface area contributed by atoms with Crippen LogP contribution in [0.3, 0.4) is 0 Å². The maximum absolute atomic E-state index is 5.93. The third-order valence-corrected chi connectivity index (χ3v) is 3.37. The van der Waals surface area contributed by atoms with Gasteiger partial charge in [-0.25, -0.2) is 4.98 Å². The average Bonchev–Trinajstić information content (AvgIpc) is 2.57. The highest BCUT2D eigenvalue weighted by Gasteiger charge is 2.11. The van der Waals surface area contributed by atoms with E-state index in [4.69, 9.17) is 17.3 Å². The van der Waals surface area contributed by atoms with Gasteiger partial charge in [0.25, 0.3) is 0 Å². The van der Waals surface area contributed by atoms with Crippen LogP contribution in [0.25, 0.3) is 0 Å². The third kappa shape index (κ3) is 2.63. The molecule has 0 fully saturated rings. The van der Waals surface area contributed by atoms with Crippen molar-refractivity contribution in [3.8, 4) is 0 Å². The number of nitrogens with zero attached hydrogens (tertiary/aromatic N) is 4. The number of nitrogens with two attached hydrogens (primary N) is 1. The third-order valence-electron chi connectivity index (χ3n) is 3.20. The van der Waals surface area contributed by atoms with E-state index in [0.29, 0.717) is 23.7 Å². The van der Waals surface area contributed by atoms with Gasteiger partial charge >= 0.3 is 0 Å². The standard InChI is InChI=1S/C12H17ClN6/c1-6-9(8(3)19(4)18-6)5-15-11-10(14)7(2)16-12(13)17-11/h5,14H2,1-4H3,(H,15,16,17). The lowest BCUT2D eigenvalue weighted by Crippen LogP contribution is -2.08. The number of nitrogens with one attached hydrogen (secondary N) is 1. The zero-order valence-electron chi connectivity index (χ0n) is 11.5. The molecule has 19 heavy (non-hydrogen) atoms. The summed E-state index contributed by atoms with van der Waals surface area (Å²) in [5.41, 5.74) is 10.3. The first-order valence-corrected chi connectivity index (χ1v) is 6.30. The van der Waals surface area contributed by atoms with E-state index < -0.39 is 0 Å². The Morgan fingerprint density at radius 2 is 1.89 bits per heavy atom. The highest BCUT2D eigenvalue weighted by molar-refractivity contribution is 6.28. The molecule has 2 aromatic rings. The lowest BCUT2D eigenvalue weighted by molar-refractivity contribution is 0.730. The summed E-state index contributed by atoms with van der Waals surface area (Å²) in [6, 6.07) is 0. The second kappa shape index (κ2) is 5.05. The Balaban J connectivity index is 2.24. The van der Waals surface area contributed by atoms with E-state index >= 15 is 0 Å². The Hall–Kier alpha value is -1.82. The van der Waals surface area contributed by atoms with Crippen molar-refractivity contribution in [1.29, 1.82) is 0 Å². The second-order valence-corrected chi connectivity index (χ2v) is 4.80. The molecule has 0 spiro atoms. The molecule has 0 saturated heterocycles. The van der Waals surface area contributed by atoms with Gasteiger partial charge in [-0.2, -0.15) is 10.1 Å². The van der Waals surface area contributed by atoms with E-state index in [2.05, 4.69) is 20.4 Å². The Morgan fingerprint density at radius 1 is 1.21 bits per heavy atom. The van der Waals surface area contributed by atoms with Crippen molar-refractivity contribution < 1.29 is 0 Å². The van der Waals surface area contributed by atoms with Crippen molar-refractivity contribution in [1.82, 2.24) is 19.7 Å². The van der Waals surface area contributed by atoms with E-state index in [0.717, 1.165) is 17.0 Å². The highest BCUT2D eigenvalue weighted by Crippen LogP contribution is 2.22. The molecule has 102 valence electrons. The Bertz CT molecular complexity index is 619. The summed E-state index contributed by atoms with van der Waals surface area (Å²) in [7, 11) is 1.92. The topological polar surface area (TPSA) is 81.7 Å². The minimum atomic E-state index is 0.189. The summed E-state index contributed by atoms with van der Waals surface area (Å²) in [5.74, 6) is 0.556. The molecule has 0 aliphatic heterocycles. The van der Waals surface area contributed by atoms with Crippen molar-refractivity contribution in [3.05, 3.63) is 27.9 Å². The molecule has 0 aliphatic carbocycles. The fraction of sp³-hybridized carbons (Fsp3) is 0.417. The normalized spacial score (nSPS) is 10.8. The fourth-order valence-electron chi connectivity index (χ4n) is 1.93. The highest BCUT2D eigenvalue weighted by atomic mass is 35.5. The molecule has 0 aromatic carbocycles. The molecule has 0 bridgehead atoms. The first-order valence-electron chi connectivity index (χ1n) is 5.92. The minimum absolute atomic E-state index is 0.189. The van der Waals surface area contributed by atoms with Crippen molar-refractivity contribution in [2.24, 2.45) is 7.05 Å². The molecule has 3 N–H and O–H groups in total. The Kier molecular flexibility index (Phi) is 3.61. The number of aromatic nitrogens is 4. The van der Waals surface area contributed by atoms with Crippen LogP contribution in [0.2, 0.25) is 5.28 Å². The van der Waals surface area contributed by atoms with E-state index in [1.807, 2.05) is 25.6 Å². The summed E-state index contributed by atoms with van der Waals surface area (Å²) < 4.78 is 1.86. The predicted molar refractivity (Wildman–Crippen MR) is 76.2 cm³/mol. The molecule has 0 saturated carbocycles. The van der Waals surface area contributed by atoms with Crippen molar-refractivity contribution >= 4 is 23.1 Å². The number of rotatable bonds is 3. The van der Waals surface area contributed by atoms with E-state index in [-0.39, 0.29) is 5.28 Å². The largest absolute Gasteiger partial charge is 0.394 e. The molecule has 2 aromatic heterocycles. The first kappa shape index (κ1) is 13.6. The van der Waals surface area contributed by atoms with E-state index in [9.17, 15) is 0 Å². The molecule has 2 rings (SSSR count). The first-order chi connectivity index (χ1) is 8.90. The smallest absolute Gasteiger partial charge is 0.224 e. The quantitative estimate of drug-likeness (QED) is 0.840. The van der Waals surface area contributed by atoms with Crippen LogP contribution in [0.15, 0.2) is 0 Å². The Labute approximate surface area is 117 Å². The van der Waals surface area contributed by atoms with Crippen LogP contribution in [0.4, 0.5) is 11.5 Å². The predicted octanol–water partition coefficient (Wildman–Crippen LogP) is 1.98. The molecule has 0 atom stereocenters. The maximum Gasteiger partial charge on any atom is 0.224 e. The zero-order valence-corrected chi connectivity index (χ0v) is 12.2. The van der Waals surface area contributed by atoms with Gasteiger partial charge in [-0.15, -0.1) is 0 Å². The van der Waals surface area contributed by atoms with Gasteiger partial charge in [0.1, 0.15) is 0 Å². The minimum Gasteiger partial charge on any atom is -0.394 e. The van der Waals surface area contributed by atoms with Crippen LogP contribution in [0, 0.1) is 20.8 Å². The van der Waals surface area contributed by atoms with Crippen LogP contribution >= 0.6 is 11.6 Å². The summed E-state index contributed by atoms with van der Waals surface area (Å²) in [4.78, 5) is 8.11. The summed E-state index contributed by atoms with van der Waals surface area (Å²) in [6.07, 6.45) is 0.